The van der Waals surface area contributed by atoms with Crippen LogP contribution in [0.2, 0.25) is 10.0 Å². The Morgan fingerprint density at radius 1 is 1.03 bits per heavy atom. The van der Waals surface area contributed by atoms with Gasteiger partial charge in [-0.1, -0.05) is 23.2 Å². The summed E-state index contributed by atoms with van der Waals surface area (Å²) in [6.45, 7) is -0.297. The predicted molar refractivity (Wildman–Crippen MR) is 111 cm³/mol. The highest BCUT2D eigenvalue weighted by molar-refractivity contribution is 6.35. The monoisotopic (exact) mass is 439 g/mol. The lowest BCUT2D eigenvalue weighted by Gasteiger charge is -2.12. The van der Waals surface area contributed by atoms with Crippen molar-refractivity contribution in [3.05, 3.63) is 51.5 Å². The van der Waals surface area contributed by atoms with Crippen LogP contribution in [0.5, 0.6) is 17.2 Å². The Kier molecular flexibility index (Phi) is 8.11. The van der Waals surface area contributed by atoms with Crippen LogP contribution in [0.15, 0.2) is 35.4 Å². The molecule has 0 heterocycles. The molecule has 8 nitrogen and oxygen atoms in total. The Bertz CT molecular complexity index is 909. The van der Waals surface area contributed by atoms with Crippen molar-refractivity contribution in [3.63, 3.8) is 0 Å². The van der Waals surface area contributed by atoms with Crippen LogP contribution in [0.25, 0.3) is 0 Å². The van der Waals surface area contributed by atoms with Crippen molar-refractivity contribution in [1.29, 1.82) is 0 Å². The number of nitrogens with one attached hydrogen (secondary N) is 2. The van der Waals surface area contributed by atoms with Crippen molar-refractivity contribution in [2.75, 3.05) is 27.9 Å². The lowest BCUT2D eigenvalue weighted by Crippen LogP contribution is -2.35. The van der Waals surface area contributed by atoms with Crippen LogP contribution in [0, 0.1) is 0 Å². The number of rotatable bonds is 8. The van der Waals surface area contributed by atoms with Gasteiger partial charge in [0.05, 0.1) is 44.7 Å². The molecule has 0 aromatic heterocycles. The molecule has 0 aliphatic rings. The van der Waals surface area contributed by atoms with Gasteiger partial charge in [-0.2, -0.15) is 5.10 Å². The minimum atomic E-state index is -0.528. The van der Waals surface area contributed by atoms with Crippen LogP contribution < -0.4 is 25.0 Å². The van der Waals surface area contributed by atoms with E-state index in [4.69, 9.17) is 37.4 Å². The Balaban J connectivity index is 1.96. The summed E-state index contributed by atoms with van der Waals surface area (Å²) >= 11 is 11.8. The average Bonchev–Trinajstić information content (AvgIpc) is 2.72. The quantitative estimate of drug-likeness (QED) is 0.486. The Labute approximate surface area is 177 Å². The van der Waals surface area contributed by atoms with Crippen LogP contribution in [0.4, 0.5) is 0 Å². The van der Waals surface area contributed by atoms with Gasteiger partial charge in [0.2, 0.25) is 5.75 Å². The van der Waals surface area contributed by atoms with Gasteiger partial charge < -0.3 is 19.5 Å². The zero-order valence-electron chi connectivity index (χ0n) is 15.9. The van der Waals surface area contributed by atoms with E-state index in [0.29, 0.717) is 27.8 Å². The third-order valence-corrected chi connectivity index (χ3v) is 4.24. The molecule has 2 N–H and O–H groups in total. The van der Waals surface area contributed by atoms with Crippen LogP contribution in [0.1, 0.15) is 15.9 Å². The van der Waals surface area contributed by atoms with Gasteiger partial charge in [-0.3, -0.25) is 9.59 Å². The maximum absolute atomic E-state index is 12.1. The largest absolute Gasteiger partial charge is 0.493 e. The maximum atomic E-state index is 12.1. The highest BCUT2D eigenvalue weighted by Gasteiger charge is 2.13. The third kappa shape index (κ3) is 6.00. The van der Waals surface area contributed by atoms with Gasteiger partial charge in [0.15, 0.2) is 11.5 Å². The number of nitrogens with zero attached hydrogens (tertiary/aromatic N) is 1. The normalized spacial score (nSPS) is 10.5. The third-order valence-electron chi connectivity index (χ3n) is 3.67. The molecule has 0 aliphatic heterocycles. The Hall–Kier alpha value is -2.97. The van der Waals surface area contributed by atoms with Gasteiger partial charge in [0, 0.05) is 10.6 Å². The van der Waals surface area contributed by atoms with E-state index in [2.05, 4.69) is 15.8 Å². The van der Waals surface area contributed by atoms with Crippen LogP contribution in [0.3, 0.4) is 0 Å². The van der Waals surface area contributed by atoms with E-state index < -0.39 is 11.8 Å². The molecule has 2 amide bonds. The van der Waals surface area contributed by atoms with E-state index in [-0.39, 0.29) is 17.1 Å². The van der Waals surface area contributed by atoms with E-state index in [1.165, 1.54) is 39.7 Å². The SMILES string of the molecule is COc1cc(/C=N/NC(=O)CNC(=O)c2cc(Cl)ccc2Cl)cc(OC)c1OC. The number of carbonyl (C=O) groups excluding carboxylic acids is 2. The van der Waals surface area contributed by atoms with Crippen molar-refractivity contribution in [1.82, 2.24) is 10.7 Å². The van der Waals surface area contributed by atoms with Crippen LogP contribution in [-0.2, 0) is 4.79 Å². The summed E-state index contributed by atoms with van der Waals surface area (Å²) in [7, 11) is 4.49. The van der Waals surface area contributed by atoms with Gasteiger partial charge >= 0.3 is 0 Å². The van der Waals surface area contributed by atoms with Crippen molar-refractivity contribution < 1.29 is 23.8 Å². The van der Waals surface area contributed by atoms with E-state index >= 15 is 0 Å². The number of carbonyl (C=O) groups is 2. The molecule has 0 unspecified atom stereocenters. The summed E-state index contributed by atoms with van der Waals surface area (Å²) < 4.78 is 15.7. The summed E-state index contributed by atoms with van der Waals surface area (Å²) in [5.74, 6) is 0.288. The average molecular weight is 440 g/mol. The fourth-order valence-electron chi connectivity index (χ4n) is 2.32. The minimum absolute atomic E-state index is 0.174. The Morgan fingerprint density at radius 3 is 2.28 bits per heavy atom. The molecule has 154 valence electrons. The van der Waals surface area contributed by atoms with Crippen molar-refractivity contribution in [2.45, 2.75) is 0 Å². The number of hydrogen-bond donors (Lipinski definition) is 2. The van der Waals surface area contributed by atoms with Crippen LogP contribution >= 0.6 is 23.2 Å². The zero-order chi connectivity index (χ0) is 21.4. The number of methoxy groups -OCH3 is 3. The summed E-state index contributed by atoms with van der Waals surface area (Å²) in [6, 6.07) is 7.81. The molecule has 0 radical (unpaired) electrons. The molecular formula is C19H19Cl2N3O5. The van der Waals surface area contributed by atoms with Crippen molar-refractivity contribution in [3.8, 4) is 17.2 Å². The maximum Gasteiger partial charge on any atom is 0.259 e. The van der Waals surface area contributed by atoms with Crippen LogP contribution in [-0.4, -0.2) is 45.9 Å². The summed E-state index contributed by atoms with van der Waals surface area (Å²) in [6.07, 6.45) is 1.40. The Morgan fingerprint density at radius 2 is 1.69 bits per heavy atom. The standard InChI is InChI=1S/C19H19Cl2N3O5/c1-27-15-6-11(7-16(28-2)18(15)29-3)9-23-24-17(25)10-22-19(26)13-8-12(20)4-5-14(13)21/h4-9H,10H2,1-3H3,(H,22,26)(H,24,25)/b23-9+. The lowest BCUT2D eigenvalue weighted by molar-refractivity contribution is -0.120. The molecule has 2 aromatic carbocycles. The first-order valence-corrected chi connectivity index (χ1v) is 9.00. The first kappa shape index (κ1) is 22.3. The first-order valence-electron chi connectivity index (χ1n) is 8.24. The molecule has 0 saturated heterocycles. The topological polar surface area (TPSA) is 98.2 Å². The highest BCUT2D eigenvalue weighted by Crippen LogP contribution is 2.37. The number of benzene rings is 2. The van der Waals surface area contributed by atoms with Gasteiger partial charge in [0.1, 0.15) is 0 Å². The van der Waals surface area contributed by atoms with Gasteiger partial charge in [-0.15, -0.1) is 0 Å². The number of amides is 2. The molecule has 0 spiro atoms. The molecule has 0 fully saturated rings. The number of ether oxygens (including phenoxy) is 3. The zero-order valence-corrected chi connectivity index (χ0v) is 17.4. The molecule has 0 atom stereocenters. The number of halogens is 2. The molecule has 0 bridgehead atoms. The summed E-state index contributed by atoms with van der Waals surface area (Å²) in [5, 5.41) is 6.89. The second-order valence-corrected chi connectivity index (χ2v) is 6.40. The van der Waals surface area contributed by atoms with E-state index in [1.807, 2.05) is 0 Å². The fourth-order valence-corrected chi connectivity index (χ4v) is 2.70. The predicted octanol–water partition coefficient (Wildman–Crippen LogP) is 2.90. The highest BCUT2D eigenvalue weighted by atomic mass is 35.5. The van der Waals surface area contributed by atoms with Gasteiger partial charge in [-0.05, 0) is 30.3 Å². The lowest BCUT2D eigenvalue weighted by atomic mass is 10.2. The number of hydrazone groups is 1. The van der Waals surface area contributed by atoms with Crippen molar-refractivity contribution in [2.24, 2.45) is 5.10 Å². The van der Waals surface area contributed by atoms with Gasteiger partial charge in [-0.25, -0.2) is 5.43 Å². The summed E-state index contributed by atoms with van der Waals surface area (Å²) in [5.41, 5.74) is 3.09. The molecule has 2 aromatic rings. The molecule has 10 heteroatoms. The fraction of sp³-hybridized carbons (Fsp3) is 0.211. The van der Waals surface area contributed by atoms with Crippen molar-refractivity contribution >= 4 is 41.2 Å². The summed E-state index contributed by atoms with van der Waals surface area (Å²) in [4.78, 5) is 24.0. The van der Waals surface area contributed by atoms with Gasteiger partial charge in [0.25, 0.3) is 11.8 Å². The second kappa shape index (κ2) is 10.5. The molecule has 0 aliphatic carbocycles. The number of hydrogen-bond acceptors (Lipinski definition) is 6. The second-order valence-electron chi connectivity index (χ2n) is 5.56. The van der Waals surface area contributed by atoms with E-state index in [0.717, 1.165) is 0 Å². The molecular weight excluding hydrogens is 421 g/mol. The van der Waals surface area contributed by atoms with E-state index in [1.54, 1.807) is 18.2 Å². The first-order chi connectivity index (χ1) is 13.9. The smallest absolute Gasteiger partial charge is 0.259 e. The molecule has 2 rings (SSSR count). The van der Waals surface area contributed by atoms with E-state index in [9.17, 15) is 9.59 Å². The molecule has 0 saturated carbocycles. The minimum Gasteiger partial charge on any atom is -0.493 e. The molecule has 29 heavy (non-hydrogen) atoms.